The van der Waals surface area contributed by atoms with Gasteiger partial charge in [0.1, 0.15) is 11.5 Å². The van der Waals surface area contributed by atoms with Crippen molar-refractivity contribution in [2.75, 3.05) is 33.9 Å². The molecule has 160 valence electrons. The van der Waals surface area contributed by atoms with Crippen LogP contribution >= 0.6 is 11.3 Å². The largest absolute Gasteiger partial charge is 0.497 e. The van der Waals surface area contributed by atoms with E-state index in [-0.39, 0.29) is 11.8 Å². The van der Waals surface area contributed by atoms with Gasteiger partial charge in [-0.25, -0.2) is 13.1 Å². The second-order valence-electron chi connectivity index (χ2n) is 7.35. The van der Waals surface area contributed by atoms with Crippen molar-refractivity contribution >= 4 is 21.4 Å². The number of hydrogen-bond donors (Lipinski definition) is 1. The van der Waals surface area contributed by atoms with E-state index >= 15 is 0 Å². The Morgan fingerprint density at radius 2 is 1.72 bits per heavy atom. The van der Waals surface area contributed by atoms with Gasteiger partial charge in [0.05, 0.1) is 20.0 Å². The molecule has 1 N–H and O–H groups in total. The molecule has 2 aromatic rings. The first-order chi connectivity index (χ1) is 14.0. The zero-order valence-electron chi connectivity index (χ0n) is 17.1. The summed E-state index contributed by atoms with van der Waals surface area (Å²) in [7, 11) is -0.396. The zero-order chi connectivity index (χ0) is 20.7. The van der Waals surface area contributed by atoms with Crippen LogP contribution in [-0.4, -0.2) is 47.2 Å². The third-order valence-electron chi connectivity index (χ3n) is 5.27. The minimum Gasteiger partial charge on any atom is -0.497 e. The predicted octanol–water partition coefficient (Wildman–Crippen LogP) is 3.80. The fourth-order valence-corrected chi connectivity index (χ4v) is 5.58. The number of nitrogens with zero attached hydrogens (tertiary/aromatic N) is 1. The van der Waals surface area contributed by atoms with Crippen molar-refractivity contribution < 1.29 is 17.9 Å². The average Bonchev–Trinajstić information content (AvgIpc) is 3.10. The Balaban J connectivity index is 1.71. The molecule has 0 saturated carbocycles. The lowest BCUT2D eigenvalue weighted by atomic mass is 10.1. The molecule has 1 unspecified atom stereocenters. The van der Waals surface area contributed by atoms with Crippen molar-refractivity contribution in [3.63, 3.8) is 0 Å². The quantitative estimate of drug-likeness (QED) is 0.645. The summed E-state index contributed by atoms with van der Waals surface area (Å²) in [4.78, 5) is 2.42. The fraction of sp³-hybridized carbons (Fsp3) is 0.524. The minimum absolute atomic E-state index is 0.0639. The number of benzene rings is 1. The third-order valence-corrected chi connectivity index (χ3v) is 7.30. The molecule has 1 aromatic heterocycles. The standard InChI is InChI=1S/C21H30N2O4S2/c1-26-19-11-17(12-20(13-19)27-2)16-29(24,25)22-14-21(18-7-10-28-15-18)23-8-5-3-4-6-9-23/h7,10-13,15,21-22H,3-6,8-9,14,16H2,1-2H3. The molecule has 3 rings (SSSR count). The SMILES string of the molecule is COc1cc(CS(=O)(=O)NCC(c2ccsc2)N2CCCCCC2)cc(OC)c1. The average molecular weight is 439 g/mol. The van der Waals surface area contributed by atoms with Crippen LogP contribution < -0.4 is 14.2 Å². The van der Waals surface area contributed by atoms with Gasteiger partial charge in [-0.2, -0.15) is 11.3 Å². The van der Waals surface area contributed by atoms with E-state index in [1.165, 1.54) is 18.4 Å². The molecule has 1 aliphatic rings. The molecule has 2 heterocycles. The van der Waals surface area contributed by atoms with E-state index in [4.69, 9.17) is 9.47 Å². The number of methoxy groups -OCH3 is 2. The lowest BCUT2D eigenvalue weighted by Crippen LogP contribution is -2.38. The van der Waals surface area contributed by atoms with Gasteiger partial charge in [0.15, 0.2) is 0 Å². The van der Waals surface area contributed by atoms with Gasteiger partial charge in [0, 0.05) is 18.7 Å². The van der Waals surface area contributed by atoms with Crippen LogP contribution in [0.1, 0.15) is 42.9 Å². The number of hydrogen-bond acceptors (Lipinski definition) is 6. The Morgan fingerprint density at radius 3 is 2.28 bits per heavy atom. The van der Waals surface area contributed by atoms with E-state index in [0.717, 1.165) is 25.9 Å². The highest BCUT2D eigenvalue weighted by Crippen LogP contribution is 2.27. The number of likely N-dealkylation sites (tertiary alicyclic amines) is 1. The van der Waals surface area contributed by atoms with Crippen LogP contribution in [-0.2, 0) is 15.8 Å². The number of nitrogens with one attached hydrogen (secondary N) is 1. The van der Waals surface area contributed by atoms with Crippen molar-refractivity contribution in [1.82, 2.24) is 9.62 Å². The molecule has 1 aromatic carbocycles. The van der Waals surface area contributed by atoms with Crippen molar-refractivity contribution in [1.29, 1.82) is 0 Å². The van der Waals surface area contributed by atoms with Gasteiger partial charge < -0.3 is 9.47 Å². The zero-order valence-corrected chi connectivity index (χ0v) is 18.7. The van der Waals surface area contributed by atoms with Gasteiger partial charge in [0.25, 0.3) is 0 Å². The van der Waals surface area contributed by atoms with Gasteiger partial charge in [-0.3, -0.25) is 4.90 Å². The predicted molar refractivity (Wildman–Crippen MR) is 117 cm³/mol. The second kappa shape index (κ2) is 10.4. The first-order valence-corrected chi connectivity index (χ1v) is 12.6. The van der Waals surface area contributed by atoms with Crippen LogP contribution in [0.3, 0.4) is 0 Å². The molecule has 1 fully saturated rings. The Morgan fingerprint density at radius 1 is 1.07 bits per heavy atom. The van der Waals surface area contributed by atoms with Crippen LogP contribution in [0.15, 0.2) is 35.0 Å². The van der Waals surface area contributed by atoms with Gasteiger partial charge >= 0.3 is 0 Å². The topological polar surface area (TPSA) is 67.9 Å². The van der Waals surface area contributed by atoms with Gasteiger partial charge in [-0.05, 0) is 66.0 Å². The Labute approximate surface area is 177 Å². The Bertz CT molecular complexity index is 839. The minimum atomic E-state index is -3.50. The molecule has 29 heavy (non-hydrogen) atoms. The number of sulfonamides is 1. The van der Waals surface area contributed by atoms with E-state index < -0.39 is 10.0 Å². The lowest BCUT2D eigenvalue weighted by molar-refractivity contribution is 0.206. The van der Waals surface area contributed by atoms with Crippen molar-refractivity contribution in [2.24, 2.45) is 0 Å². The van der Waals surface area contributed by atoms with Crippen LogP contribution in [0.4, 0.5) is 0 Å². The summed E-state index contributed by atoms with van der Waals surface area (Å²) in [5, 5.41) is 4.17. The summed E-state index contributed by atoms with van der Waals surface area (Å²) in [6, 6.07) is 7.35. The molecule has 1 atom stereocenters. The molecule has 6 nitrogen and oxygen atoms in total. The van der Waals surface area contributed by atoms with Crippen LogP contribution in [0, 0.1) is 0 Å². The molecule has 1 aliphatic heterocycles. The molecule has 0 bridgehead atoms. The van der Waals surface area contributed by atoms with E-state index in [1.807, 2.05) is 0 Å². The highest BCUT2D eigenvalue weighted by Gasteiger charge is 2.24. The molecule has 1 saturated heterocycles. The molecule has 0 spiro atoms. The molecule has 0 radical (unpaired) electrons. The van der Waals surface area contributed by atoms with Crippen molar-refractivity contribution in [3.8, 4) is 11.5 Å². The lowest BCUT2D eigenvalue weighted by Gasteiger charge is -2.30. The van der Waals surface area contributed by atoms with Crippen LogP contribution in [0.5, 0.6) is 11.5 Å². The smallest absolute Gasteiger partial charge is 0.215 e. The maximum Gasteiger partial charge on any atom is 0.215 e. The summed E-state index contributed by atoms with van der Waals surface area (Å²) in [5.41, 5.74) is 1.82. The summed E-state index contributed by atoms with van der Waals surface area (Å²) < 4.78 is 39.0. The first-order valence-electron chi connectivity index (χ1n) is 9.96. The molecular formula is C21H30N2O4S2. The van der Waals surface area contributed by atoms with Crippen LogP contribution in [0.25, 0.3) is 0 Å². The molecular weight excluding hydrogens is 408 g/mol. The Kier molecular flexibility index (Phi) is 7.94. The van der Waals surface area contributed by atoms with E-state index in [2.05, 4.69) is 26.4 Å². The van der Waals surface area contributed by atoms with Gasteiger partial charge in [-0.15, -0.1) is 0 Å². The van der Waals surface area contributed by atoms with Gasteiger partial charge in [-0.1, -0.05) is 12.8 Å². The third kappa shape index (κ3) is 6.44. The number of ether oxygens (including phenoxy) is 2. The second-order valence-corrected chi connectivity index (χ2v) is 9.94. The highest BCUT2D eigenvalue weighted by molar-refractivity contribution is 7.88. The maximum absolute atomic E-state index is 12.8. The van der Waals surface area contributed by atoms with Gasteiger partial charge in [0.2, 0.25) is 10.0 Å². The van der Waals surface area contributed by atoms with Crippen LogP contribution in [0.2, 0.25) is 0 Å². The maximum atomic E-state index is 12.8. The summed E-state index contributed by atoms with van der Waals surface area (Å²) in [5.74, 6) is 1.04. The van der Waals surface area contributed by atoms with E-state index in [1.54, 1.807) is 43.8 Å². The molecule has 0 amide bonds. The normalized spacial score (nSPS) is 16.9. The highest BCUT2D eigenvalue weighted by atomic mass is 32.2. The Hall–Kier alpha value is -1.61. The van der Waals surface area contributed by atoms with Crippen molar-refractivity contribution in [2.45, 2.75) is 37.5 Å². The molecule has 8 heteroatoms. The molecule has 0 aliphatic carbocycles. The summed E-state index contributed by atoms with van der Waals surface area (Å²) in [6.07, 6.45) is 4.82. The summed E-state index contributed by atoms with van der Waals surface area (Å²) in [6.45, 7) is 2.39. The van der Waals surface area contributed by atoms with Crippen molar-refractivity contribution in [3.05, 3.63) is 46.2 Å². The fourth-order valence-electron chi connectivity index (χ4n) is 3.76. The van der Waals surface area contributed by atoms with E-state index in [9.17, 15) is 8.42 Å². The number of rotatable bonds is 9. The summed E-state index contributed by atoms with van der Waals surface area (Å²) >= 11 is 1.65. The first kappa shape index (κ1) is 22.1. The monoisotopic (exact) mass is 438 g/mol. The number of thiophene rings is 1. The van der Waals surface area contributed by atoms with E-state index in [0.29, 0.717) is 23.6 Å².